The van der Waals surface area contributed by atoms with E-state index >= 15 is 0 Å². The lowest BCUT2D eigenvalue weighted by atomic mass is 9.97. The first kappa shape index (κ1) is 15.7. The van der Waals surface area contributed by atoms with Gasteiger partial charge in [-0.1, -0.05) is 0 Å². The highest BCUT2D eigenvalue weighted by Crippen LogP contribution is 2.13. The number of hydrogen-bond acceptors (Lipinski definition) is 6. The molecule has 0 radical (unpaired) electrons. The Labute approximate surface area is 125 Å². The molecule has 1 atom stereocenters. The maximum Gasteiger partial charge on any atom is 0.237 e. The van der Waals surface area contributed by atoms with Crippen molar-refractivity contribution in [2.24, 2.45) is 5.73 Å². The molecular weight excluding hydrogens is 268 g/mol. The third-order valence-electron chi connectivity index (χ3n) is 4.23. The number of carbonyl (C=O) groups is 1. The van der Waals surface area contributed by atoms with Crippen LogP contribution >= 0.6 is 0 Å². The van der Waals surface area contributed by atoms with Gasteiger partial charge in [-0.2, -0.15) is 0 Å². The van der Waals surface area contributed by atoms with Crippen LogP contribution in [0.4, 0.5) is 5.95 Å². The van der Waals surface area contributed by atoms with Gasteiger partial charge in [0.15, 0.2) is 0 Å². The van der Waals surface area contributed by atoms with Crippen molar-refractivity contribution in [3.8, 4) is 0 Å². The zero-order valence-corrected chi connectivity index (χ0v) is 12.7. The molecule has 0 bridgehead atoms. The first-order valence-corrected chi connectivity index (χ1v) is 7.28. The number of carbonyl (C=O) groups excluding carboxylic acids is 1. The number of primary amides is 1. The number of hydrogen-bond donors (Lipinski definition) is 2. The summed E-state index contributed by atoms with van der Waals surface area (Å²) in [4.78, 5) is 24.6. The van der Waals surface area contributed by atoms with Gasteiger partial charge in [0.2, 0.25) is 11.9 Å². The van der Waals surface area contributed by atoms with Gasteiger partial charge in [0, 0.05) is 45.1 Å². The molecule has 2 heterocycles. The summed E-state index contributed by atoms with van der Waals surface area (Å²) < 4.78 is 0. The minimum absolute atomic E-state index is 0.304. The van der Waals surface area contributed by atoms with Crippen molar-refractivity contribution < 1.29 is 4.79 Å². The van der Waals surface area contributed by atoms with Crippen LogP contribution < -0.4 is 16.0 Å². The first-order chi connectivity index (χ1) is 10.0. The lowest BCUT2D eigenvalue weighted by Crippen LogP contribution is -2.54. The number of rotatable bonds is 6. The van der Waals surface area contributed by atoms with E-state index in [9.17, 15) is 4.79 Å². The SMILES string of the molecule is CNC(C)(CCN1CCN(c2ncccn2)CC1)C(N)=O. The van der Waals surface area contributed by atoms with E-state index in [0.717, 1.165) is 38.7 Å². The molecule has 1 aliphatic heterocycles. The molecular formula is C14H24N6O. The van der Waals surface area contributed by atoms with Gasteiger partial charge in [0.05, 0.1) is 5.54 Å². The summed E-state index contributed by atoms with van der Waals surface area (Å²) in [6.45, 7) is 6.38. The normalized spacial score (nSPS) is 19.2. The summed E-state index contributed by atoms with van der Waals surface area (Å²) >= 11 is 0. The number of nitrogens with one attached hydrogen (secondary N) is 1. The molecule has 1 aliphatic rings. The van der Waals surface area contributed by atoms with E-state index in [0.29, 0.717) is 6.42 Å². The molecule has 0 saturated carbocycles. The number of piperazine rings is 1. The highest BCUT2D eigenvalue weighted by molar-refractivity contribution is 5.84. The van der Waals surface area contributed by atoms with E-state index in [1.165, 1.54) is 0 Å². The second-order valence-electron chi connectivity index (χ2n) is 5.57. The third-order valence-corrected chi connectivity index (χ3v) is 4.23. The van der Waals surface area contributed by atoms with E-state index in [1.54, 1.807) is 19.4 Å². The quantitative estimate of drug-likeness (QED) is 0.732. The molecule has 1 unspecified atom stereocenters. The predicted molar refractivity (Wildman–Crippen MR) is 82.0 cm³/mol. The maximum absolute atomic E-state index is 11.5. The molecule has 0 aliphatic carbocycles. The molecule has 116 valence electrons. The average Bonchev–Trinajstić information content (AvgIpc) is 2.53. The van der Waals surface area contributed by atoms with Crippen LogP contribution in [0.1, 0.15) is 13.3 Å². The molecule has 1 aromatic heterocycles. The van der Waals surface area contributed by atoms with Crippen molar-refractivity contribution in [3.63, 3.8) is 0 Å². The second-order valence-corrected chi connectivity index (χ2v) is 5.57. The Morgan fingerprint density at radius 1 is 1.33 bits per heavy atom. The Kier molecular flexibility index (Phi) is 5.08. The Morgan fingerprint density at radius 3 is 2.48 bits per heavy atom. The number of amides is 1. The summed E-state index contributed by atoms with van der Waals surface area (Å²) in [6.07, 6.45) is 4.24. The molecule has 0 aromatic carbocycles. The molecule has 7 heteroatoms. The molecule has 1 aromatic rings. The zero-order valence-electron chi connectivity index (χ0n) is 12.7. The number of nitrogens with two attached hydrogens (primary N) is 1. The largest absolute Gasteiger partial charge is 0.368 e. The van der Waals surface area contributed by atoms with Crippen LogP contribution in [0.2, 0.25) is 0 Å². The second kappa shape index (κ2) is 6.82. The van der Waals surface area contributed by atoms with Gasteiger partial charge in [0.25, 0.3) is 0 Å². The van der Waals surface area contributed by atoms with Crippen molar-refractivity contribution in [1.82, 2.24) is 20.2 Å². The maximum atomic E-state index is 11.5. The van der Waals surface area contributed by atoms with Gasteiger partial charge in [0.1, 0.15) is 0 Å². The van der Waals surface area contributed by atoms with Crippen LogP contribution in [0.3, 0.4) is 0 Å². The fourth-order valence-electron chi connectivity index (χ4n) is 2.38. The van der Waals surface area contributed by atoms with E-state index in [-0.39, 0.29) is 5.91 Å². The van der Waals surface area contributed by atoms with Crippen molar-refractivity contribution >= 4 is 11.9 Å². The number of aromatic nitrogens is 2. The van der Waals surface area contributed by atoms with Gasteiger partial charge in [-0.05, 0) is 26.5 Å². The molecule has 1 saturated heterocycles. The summed E-state index contributed by atoms with van der Waals surface area (Å²) in [6, 6.07) is 1.82. The molecule has 0 spiro atoms. The van der Waals surface area contributed by atoms with Crippen molar-refractivity contribution in [1.29, 1.82) is 0 Å². The van der Waals surface area contributed by atoms with E-state index in [1.807, 2.05) is 13.0 Å². The highest BCUT2D eigenvalue weighted by Gasteiger charge is 2.30. The molecule has 1 amide bonds. The van der Waals surface area contributed by atoms with Crippen molar-refractivity contribution in [2.75, 3.05) is 44.7 Å². The fourth-order valence-corrected chi connectivity index (χ4v) is 2.38. The minimum atomic E-state index is -0.639. The van der Waals surface area contributed by atoms with Gasteiger partial charge >= 0.3 is 0 Å². The van der Waals surface area contributed by atoms with Crippen LogP contribution in [0, 0.1) is 0 Å². The fraction of sp³-hybridized carbons (Fsp3) is 0.643. The lowest BCUT2D eigenvalue weighted by Gasteiger charge is -2.36. The third kappa shape index (κ3) is 3.89. The Hall–Kier alpha value is -1.73. The number of likely N-dealkylation sites (N-methyl/N-ethyl adjacent to an activating group) is 1. The molecule has 2 rings (SSSR count). The Morgan fingerprint density at radius 2 is 1.95 bits per heavy atom. The van der Waals surface area contributed by atoms with E-state index in [4.69, 9.17) is 5.73 Å². The Bertz CT molecular complexity index is 460. The van der Waals surface area contributed by atoms with Crippen molar-refractivity contribution in [2.45, 2.75) is 18.9 Å². The highest BCUT2D eigenvalue weighted by atomic mass is 16.1. The average molecular weight is 292 g/mol. The first-order valence-electron chi connectivity index (χ1n) is 7.28. The Balaban J connectivity index is 1.81. The molecule has 3 N–H and O–H groups in total. The van der Waals surface area contributed by atoms with Gasteiger partial charge in [-0.3, -0.25) is 9.69 Å². The van der Waals surface area contributed by atoms with E-state index in [2.05, 4.69) is 25.1 Å². The lowest BCUT2D eigenvalue weighted by molar-refractivity contribution is -0.124. The summed E-state index contributed by atoms with van der Waals surface area (Å²) in [5.74, 6) is 0.482. The van der Waals surface area contributed by atoms with Gasteiger partial charge in [-0.15, -0.1) is 0 Å². The summed E-state index contributed by atoms with van der Waals surface area (Å²) in [7, 11) is 1.77. The summed E-state index contributed by atoms with van der Waals surface area (Å²) in [5, 5.41) is 3.02. The van der Waals surface area contributed by atoms with Crippen LogP contribution in [-0.4, -0.2) is 66.1 Å². The van der Waals surface area contributed by atoms with Crippen molar-refractivity contribution in [3.05, 3.63) is 18.5 Å². The van der Waals surface area contributed by atoms with Crippen LogP contribution in [0.15, 0.2) is 18.5 Å². The van der Waals surface area contributed by atoms with Crippen LogP contribution in [0.5, 0.6) is 0 Å². The monoisotopic (exact) mass is 292 g/mol. The number of anilines is 1. The van der Waals surface area contributed by atoms with Crippen LogP contribution in [-0.2, 0) is 4.79 Å². The molecule has 21 heavy (non-hydrogen) atoms. The van der Waals surface area contributed by atoms with Gasteiger partial charge < -0.3 is 16.0 Å². The standard InChI is InChI=1S/C14H24N6O/c1-14(16-2,12(15)21)4-7-19-8-10-20(11-9-19)13-17-5-3-6-18-13/h3,5-6,16H,4,7-11H2,1-2H3,(H2,15,21). The smallest absolute Gasteiger partial charge is 0.237 e. The topological polar surface area (TPSA) is 87.4 Å². The predicted octanol–water partition coefficient (Wildman–Crippen LogP) is -0.548. The van der Waals surface area contributed by atoms with Gasteiger partial charge in [-0.25, -0.2) is 9.97 Å². The molecule has 7 nitrogen and oxygen atoms in total. The minimum Gasteiger partial charge on any atom is -0.368 e. The zero-order chi connectivity index (χ0) is 15.3. The summed E-state index contributed by atoms with van der Waals surface area (Å²) in [5.41, 5.74) is 4.81. The van der Waals surface area contributed by atoms with Crippen LogP contribution in [0.25, 0.3) is 0 Å². The van der Waals surface area contributed by atoms with E-state index < -0.39 is 5.54 Å². The molecule has 1 fully saturated rings. The number of nitrogens with zero attached hydrogens (tertiary/aromatic N) is 4.